The van der Waals surface area contributed by atoms with Crippen molar-refractivity contribution in [1.29, 1.82) is 0 Å². The van der Waals surface area contributed by atoms with Crippen molar-refractivity contribution in [2.45, 2.75) is 42.1 Å². The summed E-state index contributed by atoms with van der Waals surface area (Å²) >= 11 is 1.49. The Labute approximate surface area is 183 Å². The number of aromatic nitrogens is 2. The molecule has 1 aromatic carbocycles. The SMILES string of the molecule is COc1c(C2CCN(C(=O)N3CCC(O)C3)C(=O)C2)n[nH]c1SCc1ccc(F)cc1. The maximum Gasteiger partial charge on any atom is 0.326 e. The lowest BCUT2D eigenvalue weighted by Crippen LogP contribution is -2.48. The van der Waals surface area contributed by atoms with Crippen molar-refractivity contribution in [1.82, 2.24) is 20.0 Å². The number of thioether (sulfide) groups is 1. The van der Waals surface area contributed by atoms with Gasteiger partial charge in [0.05, 0.1) is 13.2 Å². The Bertz CT molecular complexity index is 951. The Morgan fingerprint density at radius 2 is 2.10 bits per heavy atom. The summed E-state index contributed by atoms with van der Waals surface area (Å²) in [4.78, 5) is 28.1. The van der Waals surface area contributed by atoms with Crippen molar-refractivity contribution in [3.63, 3.8) is 0 Å². The second kappa shape index (κ2) is 9.27. The lowest BCUT2D eigenvalue weighted by molar-refractivity contribution is -0.131. The number of carbonyl (C=O) groups excluding carboxylic acids is 2. The van der Waals surface area contributed by atoms with Crippen molar-refractivity contribution in [3.8, 4) is 5.75 Å². The average molecular weight is 449 g/mol. The zero-order chi connectivity index (χ0) is 22.0. The van der Waals surface area contributed by atoms with Crippen molar-refractivity contribution in [3.05, 3.63) is 41.3 Å². The van der Waals surface area contributed by atoms with Crippen LogP contribution in [0.5, 0.6) is 5.75 Å². The van der Waals surface area contributed by atoms with Crippen LogP contribution in [0, 0.1) is 5.82 Å². The predicted molar refractivity (Wildman–Crippen MR) is 112 cm³/mol. The number of halogens is 1. The molecule has 2 atom stereocenters. The number of aliphatic hydroxyl groups excluding tert-OH is 1. The van der Waals surface area contributed by atoms with Crippen LogP contribution in [0.2, 0.25) is 0 Å². The first kappa shape index (κ1) is 21.6. The van der Waals surface area contributed by atoms with E-state index in [-0.39, 0.29) is 36.6 Å². The summed E-state index contributed by atoms with van der Waals surface area (Å²) in [7, 11) is 1.56. The van der Waals surface area contributed by atoms with Crippen LogP contribution in [0.25, 0.3) is 0 Å². The quantitative estimate of drug-likeness (QED) is 0.683. The molecule has 2 aliphatic heterocycles. The fourth-order valence-corrected chi connectivity index (χ4v) is 4.92. The number of β-amino-alcohol motifs (C(OH)–C–C–N with tert-alkyl or cyclic N) is 1. The number of nitrogens with zero attached hydrogens (tertiary/aromatic N) is 3. The monoisotopic (exact) mass is 448 g/mol. The predicted octanol–water partition coefficient (Wildman–Crippen LogP) is 2.74. The van der Waals surface area contributed by atoms with Gasteiger partial charge in [-0.3, -0.25) is 14.8 Å². The van der Waals surface area contributed by atoms with Crippen LogP contribution < -0.4 is 4.74 Å². The number of ether oxygens (including phenoxy) is 1. The van der Waals surface area contributed by atoms with E-state index in [0.717, 1.165) is 10.6 Å². The van der Waals surface area contributed by atoms with Gasteiger partial charge in [0.25, 0.3) is 0 Å². The van der Waals surface area contributed by atoms with E-state index < -0.39 is 6.10 Å². The molecule has 0 aliphatic carbocycles. The number of hydrogen-bond donors (Lipinski definition) is 2. The van der Waals surface area contributed by atoms with Gasteiger partial charge >= 0.3 is 6.03 Å². The average Bonchev–Trinajstić information content (AvgIpc) is 3.38. The fraction of sp³-hybridized carbons (Fsp3) is 0.476. The Morgan fingerprint density at radius 3 is 2.74 bits per heavy atom. The Balaban J connectivity index is 1.40. The second-order valence-electron chi connectivity index (χ2n) is 7.79. The molecule has 8 nitrogen and oxygen atoms in total. The fourth-order valence-electron chi connectivity index (χ4n) is 3.99. The molecule has 2 N–H and O–H groups in total. The van der Waals surface area contributed by atoms with Gasteiger partial charge in [-0.1, -0.05) is 23.9 Å². The minimum absolute atomic E-state index is 0.146. The Morgan fingerprint density at radius 1 is 1.32 bits per heavy atom. The summed E-state index contributed by atoms with van der Waals surface area (Å²) in [5.74, 6) is 0.560. The first-order valence-corrected chi connectivity index (χ1v) is 11.2. The molecule has 166 valence electrons. The smallest absolute Gasteiger partial charge is 0.326 e. The van der Waals surface area contributed by atoms with Gasteiger partial charge in [-0.2, -0.15) is 5.10 Å². The van der Waals surface area contributed by atoms with Gasteiger partial charge in [-0.25, -0.2) is 9.18 Å². The number of urea groups is 1. The molecule has 10 heteroatoms. The molecule has 0 spiro atoms. The number of H-pyrrole nitrogens is 1. The molecule has 4 rings (SSSR count). The summed E-state index contributed by atoms with van der Waals surface area (Å²) < 4.78 is 18.7. The Kier molecular flexibility index (Phi) is 6.47. The summed E-state index contributed by atoms with van der Waals surface area (Å²) in [5, 5.41) is 17.8. The molecule has 2 saturated heterocycles. The standard InChI is InChI=1S/C21H25FN4O4S/c1-30-19-18(23-24-20(19)31-12-13-2-4-15(22)5-3-13)14-6-9-26(17(28)10-14)21(29)25-8-7-16(27)11-25/h2-5,14,16,27H,6-12H2,1H3,(H,23,24). The highest BCUT2D eigenvalue weighted by Crippen LogP contribution is 2.39. The Hall–Kier alpha value is -2.59. The lowest BCUT2D eigenvalue weighted by atomic mass is 9.93. The van der Waals surface area contributed by atoms with Gasteiger partial charge in [0.1, 0.15) is 16.5 Å². The highest BCUT2D eigenvalue weighted by atomic mass is 32.2. The topological polar surface area (TPSA) is 98.8 Å². The number of imide groups is 1. The maximum absolute atomic E-state index is 13.1. The van der Waals surface area contributed by atoms with Crippen LogP contribution in [0.4, 0.5) is 9.18 Å². The van der Waals surface area contributed by atoms with Crippen LogP contribution in [-0.4, -0.2) is 69.9 Å². The minimum Gasteiger partial charge on any atom is -0.492 e. The lowest BCUT2D eigenvalue weighted by Gasteiger charge is -2.32. The molecule has 0 bridgehead atoms. The van der Waals surface area contributed by atoms with Crippen LogP contribution >= 0.6 is 11.8 Å². The minimum atomic E-state index is -0.518. The molecule has 0 radical (unpaired) electrons. The number of rotatable bonds is 5. The third-order valence-electron chi connectivity index (χ3n) is 5.69. The first-order chi connectivity index (χ1) is 15.0. The molecule has 2 unspecified atom stereocenters. The van der Waals surface area contributed by atoms with Crippen LogP contribution in [0.1, 0.15) is 36.4 Å². The molecule has 2 aromatic rings. The second-order valence-corrected chi connectivity index (χ2v) is 8.78. The third kappa shape index (κ3) is 4.69. The van der Waals surface area contributed by atoms with Crippen molar-refractivity contribution in [2.75, 3.05) is 26.7 Å². The first-order valence-electron chi connectivity index (χ1n) is 10.2. The van der Waals surface area contributed by atoms with Crippen LogP contribution in [0.3, 0.4) is 0 Å². The van der Waals surface area contributed by atoms with Gasteiger partial charge in [-0.15, -0.1) is 0 Å². The van der Waals surface area contributed by atoms with E-state index in [1.807, 2.05) is 0 Å². The number of aliphatic hydroxyl groups is 1. The number of nitrogens with one attached hydrogen (secondary N) is 1. The highest BCUT2D eigenvalue weighted by molar-refractivity contribution is 7.98. The van der Waals surface area contributed by atoms with Gasteiger partial charge < -0.3 is 14.7 Å². The van der Waals surface area contributed by atoms with E-state index in [1.54, 1.807) is 19.2 Å². The normalized spacial score (nSPS) is 21.6. The molecule has 31 heavy (non-hydrogen) atoms. The molecule has 3 amide bonds. The van der Waals surface area contributed by atoms with Crippen molar-refractivity contribution in [2.24, 2.45) is 0 Å². The van der Waals surface area contributed by atoms with E-state index in [0.29, 0.717) is 43.1 Å². The number of likely N-dealkylation sites (tertiary alicyclic amines) is 2. The molecule has 2 aliphatic rings. The number of hydrogen-bond acceptors (Lipinski definition) is 6. The summed E-state index contributed by atoms with van der Waals surface area (Å²) in [6, 6.07) is 5.99. The number of aromatic amines is 1. The van der Waals surface area contributed by atoms with E-state index in [4.69, 9.17) is 4.74 Å². The number of amides is 3. The number of benzene rings is 1. The van der Waals surface area contributed by atoms with Crippen LogP contribution in [-0.2, 0) is 10.5 Å². The molecular weight excluding hydrogens is 423 g/mol. The molecular formula is C21H25FN4O4S. The van der Waals surface area contributed by atoms with E-state index in [1.165, 1.54) is 33.7 Å². The number of carbonyl (C=O) groups is 2. The maximum atomic E-state index is 13.1. The summed E-state index contributed by atoms with van der Waals surface area (Å²) in [6.07, 6.45) is 0.790. The zero-order valence-electron chi connectivity index (χ0n) is 17.2. The van der Waals surface area contributed by atoms with E-state index in [9.17, 15) is 19.1 Å². The summed E-state index contributed by atoms with van der Waals surface area (Å²) in [5.41, 5.74) is 1.65. The van der Waals surface area contributed by atoms with Crippen LogP contribution in [0.15, 0.2) is 29.3 Å². The number of piperidine rings is 1. The molecule has 3 heterocycles. The third-order valence-corrected chi connectivity index (χ3v) is 6.74. The van der Waals surface area contributed by atoms with Gasteiger partial charge in [0, 0.05) is 37.7 Å². The van der Waals surface area contributed by atoms with Crippen molar-refractivity contribution < 1.29 is 23.8 Å². The largest absolute Gasteiger partial charge is 0.492 e. The molecule has 1 aromatic heterocycles. The van der Waals surface area contributed by atoms with E-state index in [2.05, 4.69) is 10.2 Å². The highest BCUT2D eigenvalue weighted by Gasteiger charge is 2.37. The summed E-state index contributed by atoms with van der Waals surface area (Å²) in [6.45, 7) is 1.05. The van der Waals surface area contributed by atoms with Gasteiger partial charge in [0.15, 0.2) is 5.75 Å². The van der Waals surface area contributed by atoms with Crippen molar-refractivity contribution >= 4 is 23.7 Å². The zero-order valence-corrected chi connectivity index (χ0v) is 18.0. The molecule has 0 saturated carbocycles. The number of methoxy groups -OCH3 is 1. The van der Waals surface area contributed by atoms with Gasteiger partial charge in [-0.05, 0) is 30.5 Å². The molecule has 2 fully saturated rings. The van der Waals surface area contributed by atoms with E-state index >= 15 is 0 Å². The van der Waals surface area contributed by atoms with Gasteiger partial charge in [0.2, 0.25) is 5.91 Å².